The number of benzene rings is 1. The van der Waals surface area contributed by atoms with E-state index in [9.17, 15) is 14.4 Å². The van der Waals surface area contributed by atoms with Gasteiger partial charge in [0.1, 0.15) is 18.0 Å². The van der Waals surface area contributed by atoms with Gasteiger partial charge in [0.25, 0.3) is 11.5 Å². The lowest BCUT2D eigenvalue weighted by molar-refractivity contribution is -0.117. The number of amides is 2. The van der Waals surface area contributed by atoms with Gasteiger partial charge in [-0.1, -0.05) is 23.4 Å². The zero-order valence-corrected chi connectivity index (χ0v) is 13.8. The molecule has 3 rings (SSSR count). The number of carbonyl (C=O) groups is 2. The summed E-state index contributed by atoms with van der Waals surface area (Å²) in [5, 5.41) is 12.7. The van der Waals surface area contributed by atoms with Crippen LogP contribution in [0.5, 0.6) is 0 Å². The fraction of sp³-hybridized carbons (Fsp3) is 0.118. The van der Waals surface area contributed by atoms with Crippen LogP contribution in [0.3, 0.4) is 0 Å². The molecule has 0 atom stereocenters. The average molecular weight is 353 g/mol. The highest BCUT2D eigenvalue weighted by Crippen LogP contribution is 2.08. The number of rotatable bonds is 5. The minimum Gasteiger partial charge on any atom is -0.360 e. The van der Waals surface area contributed by atoms with E-state index < -0.39 is 17.4 Å². The number of hydrogen-bond donors (Lipinski definition) is 2. The summed E-state index contributed by atoms with van der Waals surface area (Å²) in [5.74, 6) is -0.236. The molecule has 0 aliphatic heterocycles. The Kier molecular flexibility index (Phi) is 4.88. The van der Waals surface area contributed by atoms with E-state index >= 15 is 0 Å². The number of nitrogens with zero attached hydrogens (tertiary/aromatic N) is 3. The third-order valence-electron chi connectivity index (χ3n) is 3.32. The van der Waals surface area contributed by atoms with E-state index in [-0.39, 0.29) is 18.1 Å². The first-order valence-corrected chi connectivity index (χ1v) is 7.69. The molecule has 0 radical (unpaired) electrons. The molecule has 0 aliphatic rings. The van der Waals surface area contributed by atoms with Crippen molar-refractivity contribution in [2.24, 2.45) is 0 Å². The van der Waals surface area contributed by atoms with Crippen LogP contribution in [0.15, 0.2) is 57.8 Å². The second-order valence-corrected chi connectivity index (χ2v) is 5.41. The molecule has 9 nitrogen and oxygen atoms in total. The number of anilines is 2. The maximum atomic E-state index is 12.2. The SMILES string of the molecule is Cc1cc(NC(=O)Cn2nc(C(=O)Nc3ccccc3)ccc2=O)no1. The third-order valence-corrected chi connectivity index (χ3v) is 3.32. The summed E-state index contributed by atoms with van der Waals surface area (Å²) in [6.07, 6.45) is 0. The molecule has 0 spiro atoms. The summed E-state index contributed by atoms with van der Waals surface area (Å²) >= 11 is 0. The maximum Gasteiger partial charge on any atom is 0.276 e. The summed E-state index contributed by atoms with van der Waals surface area (Å²) in [4.78, 5) is 36.2. The summed E-state index contributed by atoms with van der Waals surface area (Å²) in [6.45, 7) is 1.32. The molecule has 2 N–H and O–H groups in total. The lowest BCUT2D eigenvalue weighted by Gasteiger charge is -2.07. The van der Waals surface area contributed by atoms with Crippen LogP contribution >= 0.6 is 0 Å². The van der Waals surface area contributed by atoms with Crippen molar-refractivity contribution >= 4 is 23.3 Å². The summed E-state index contributed by atoms with van der Waals surface area (Å²) < 4.78 is 5.75. The zero-order chi connectivity index (χ0) is 18.5. The third kappa shape index (κ3) is 4.20. The summed E-state index contributed by atoms with van der Waals surface area (Å²) in [7, 11) is 0. The predicted molar refractivity (Wildman–Crippen MR) is 92.8 cm³/mol. The number of aromatic nitrogens is 3. The van der Waals surface area contributed by atoms with E-state index in [4.69, 9.17) is 4.52 Å². The van der Waals surface area contributed by atoms with Crippen LogP contribution in [0.25, 0.3) is 0 Å². The van der Waals surface area contributed by atoms with E-state index in [0.717, 1.165) is 4.68 Å². The monoisotopic (exact) mass is 353 g/mol. The maximum absolute atomic E-state index is 12.2. The summed E-state index contributed by atoms with van der Waals surface area (Å²) in [6, 6.07) is 12.8. The molecule has 1 aromatic carbocycles. The van der Waals surface area contributed by atoms with Crippen molar-refractivity contribution in [1.29, 1.82) is 0 Å². The molecule has 0 unspecified atom stereocenters. The number of aryl methyl sites for hydroxylation is 1. The van der Waals surface area contributed by atoms with Gasteiger partial charge in [-0.05, 0) is 25.1 Å². The van der Waals surface area contributed by atoms with Gasteiger partial charge in [-0.2, -0.15) is 5.10 Å². The molecule has 2 heterocycles. The quantitative estimate of drug-likeness (QED) is 0.716. The lowest BCUT2D eigenvalue weighted by atomic mass is 10.3. The molecule has 2 aromatic heterocycles. The number of carbonyl (C=O) groups excluding carboxylic acids is 2. The Morgan fingerprint density at radius 1 is 1.12 bits per heavy atom. The predicted octanol–water partition coefficient (Wildman–Crippen LogP) is 1.43. The van der Waals surface area contributed by atoms with E-state index in [0.29, 0.717) is 11.4 Å². The Labute approximate surface area is 147 Å². The van der Waals surface area contributed by atoms with Crippen molar-refractivity contribution in [1.82, 2.24) is 14.9 Å². The second-order valence-electron chi connectivity index (χ2n) is 5.41. The van der Waals surface area contributed by atoms with Gasteiger partial charge in [0.15, 0.2) is 5.82 Å². The van der Waals surface area contributed by atoms with E-state index in [2.05, 4.69) is 20.9 Å². The van der Waals surface area contributed by atoms with Crippen LogP contribution in [-0.2, 0) is 11.3 Å². The molecule has 0 aliphatic carbocycles. The molecule has 9 heteroatoms. The Morgan fingerprint density at radius 2 is 1.88 bits per heavy atom. The molecule has 0 fully saturated rings. The first-order valence-electron chi connectivity index (χ1n) is 7.69. The largest absolute Gasteiger partial charge is 0.360 e. The van der Waals surface area contributed by atoms with Gasteiger partial charge in [0.2, 0.25) is 5.91 Å². The van der Waals surface area contributed by atoms with Gasteiger partial charge >= 0.3 is 0 Å². The zero-order valence-electron chi connectivity index (χ0n) is 13.8. The van der Waals surface area contributed by atoms with Gasteiger partial charge in [0.05, 0.1) is 0 Å². The number of para-hydroxylation sites is 1. The molecular formula is C17H15N5O4. The summed E-state index contributed by atoms with van der Waals surface area (Å²) in [5.41, 5.74) is 0.0995. The molecule has 2 amide bonds. The van der Waals surface area contributed by atoms with E-state index in [1.807, 2.05) is 6.07 Å². The Morgan fingerprint density at radius 3 is 2.58 bits per heavy atom. The first-order chi connectivity index (χ1) is 12.5. The highest BCUT2D eigenvalue weighted by molar-refractivity contribution is 6.02. The van der Waals surface area contributed by atoms with Crippen molar-refractivity contribution in [2.45, 2.75) is 13.5 Å². The van der Waals surface area contributed by atoms with Crippen molar-refractivity contribution in [3.8, 4) is 0 Å². The first kappa shape index (κ1) is 17.1. The minimum absolute atomic E-state index is 0.0125. The molecular weight excluding hydrogens is 338 g/mol. The highest BCUT2D eigenvalue weighted by Gasteiger charge is 2.13. The highest BCUT2D eigenvalue weighted by atomic mass is 16.5. The number of hydrogen-bond acceptors (Lipinski definition) is 6. The fourth-order valence-corrected chi connectivity index (χ4v) is 2.14. The molecule has 0 saturated heterocycles. The van der Waals surface area contributed by atoms with Gasteiger partial charge in [-0.25, -0.2) is 4.68 Å². The van der Waals surface area contributed by atoms with Gasteiger partial charge in [-0.3, -0.25) is 14.4 Å². The van der Waals surface area contributed by atoms with Crippen molar-refractivity contribution in [2.75, 3.05) is 10.6 Å². The Hall–Kier alpha value is -3.75. The van der Waals surface area contributed by atoms with Crippen molar-refractivity contribution in [3.05, 3.63) is 70.3 Å². The smallest absolute Gasteiger partial charge is 0.276 e. The normalized spacial score (nSPS) is 10.3. The van der Waals surface area contributed by atoms with Crippen molar-refractivity contribution in [3.63, 3.8) is 0 Å². The minimum atomic E-state index is -0.520. The topological polar surface area (TPSA) is 119 Å². The molecule has 26 heavy (non-hydrogen) atoms. The van der Waals surface area contributed by atoms with Crippen LogP contribution < -0.4 is 16.2 Å². The van der Waals surface area contributed by atoms with Gasteiger partial charge in [-0.15, -0.1) is 0 Å². The standard InChI is InChI=1S/C17H15N5O4/c1-11-9-14(21-26-11)19-15(23)10-22-16(24)8-7-13(20-22)17(25)18-12-5-3-2-4-6-12/h2-9H,10H2,1H3,(H,18,25)(H,19,21,23). The van der Waals surface area contributed by atoms with E-state index in [1.165, 1.54) is 18.2 Å². The molecule has 3 aromatic rings. The average Bonchev–Trinajstić information content (AvgIpc) is 3.02. The molecule has 132 valence electrons. The molecule has 0 saturated carbocycles. The van der Waals surface area contributed by atoms with Crippen LogP contribution in [-0.4, -0.2) is 26.8 Å². The van der Waals surface area contributed by atoms with E-state index in [1.54, 1.807) is 31.2 Å². The van der Waals surface area contributed by atoms with Gasteiger partial charge < -0.3 is 15.2 Å². The van der Waals surface area contributed by atoms with Crippen LogP contribution in [0, 0.1) is 6.92 Å². The Balaban J connectivity index is 1.71. The molecule has 0 bridgehead atoms. The van der Waals surface area contributed by atoms with Crippen LogP contribution in [0.1, 0.15) is 16.2 Å². The lowest BCUT2D eigenvalue weighted by Crippen LogP contribution is -2.31. The second kappa shape index (κ2) is 7.43. The van der Waals surface area contributed by atoms with Crippen molar-refractivity contribution < 1.29 is 14.1 Å². The van der Waals surface area contributed by atoms with Gasteiger partial charge in [0, 0.05) is 17.8 Å². The van der Waals surface area contributed by atoms with Crippen LogP contribution in [0.2, 0.25) is 0 Å². The fourth-order valence-electron chi connectivity index (χ4n) is 2.14. The van der Waals surface area contributed by atoms with Crippen LogP contribution in [0.4, 0.5) is 11.5 Å². The number of nitrogens with one attached hydrogen (secondary N) is 2. The Bertz CT molecular complexity index is 994.